The van der Waals surface area contributed by atoms with Gasteiger partial charge < -0.3 is 0 Å². The maximum Gasteiger partial charge on any atom is 0.164 e. The van der Waals surface area contributed by atoms with Gasteiger partial charge in [-0.2, -0.15) is 0 Å². The van der Waals surface area contributed by atoms with E-state index in [1.165, 1.54) is 0 Å². The Labute approximate surface area is 232 Å². The summed E-state index contributed by atoms with van der Waals surface area (Å²) in [4.78, 5) is 19.8. The number of aromatic nitrogens is 4. The molecular weight excluding hydrogens is 488 g/mol. The molecule has 188 valence electrons. The third kappa shape index (κ3) is 4.74. The van der Waals surface area contributed by atoms with E-state index in [0.717, 1.165) is 50.0 Å². The summed E-state index contributed by atoms with van der Waals surface area (Å²) >= 11 is 0. The Morgan fingerprint density at radius 3 is 1.40 bits per heavy atom. The van der Waals surface area contributed by atoms with Crippen LogP contribution in [0.3, 0.4) is 0 Å². The number of para-hydroxylation sites is 1. The van der Waals surface area contributed by atoms with Crippen molar-refractivity contribution in [2.45, 2.75) is 0 Å². The maximum absolute atomic E-state index is 4.99. The number of pyridine rings is 1. The Kier molecular flexibility index (Phi) is 6.11. The van der Waals surface area contributed by atoms with Gasteiger partial charge in [0.2, 0.25) is 0 Å². The van der Waals surface area contributed by atoms with E-state index in [9.17, 15) is 0 Å². The second-order valence-electron chi connectivity index (χ2n) is 9.59. The predicted octanol–water partition coefficient (Wildman–Crippen LogP) is 8.75. The zero-order chi connectivity index (χ0) is 26.7. The fraction of sp³-hybridized carbons (Fsp3) is 0. The topological polar surface area (TPSA) is 51.6 Å². The van der Waals surface area contributed by atoms with Crippen LogP contribution in [0.5, 0.6) is 0 Å². The molecule has 7 aromatic rings. The van der Waals surface area contributed by atoms with Crippen molar-refractivity contribution in [2.24, 2.45) is 0 Å². The second-order valence-corrected chi connectivity index (χ2v) is 9.59. The number of fused-ring (bicyclic) bond motifs is 1. The van der Waals surface area contributed by atoms with Gasteiger partial charge in [-0.05, 0) is 41.5 Å². The van der Waals surface area contributed by atoms with Gasteiger partial charge >= 0.3 is 0 Å². The van der Waals surface area contributed by atoms with Crippen LogP contribution in [0, 0.1) is 0 Å². The summed E-state index contributed by atoms with van der Waals surface area (Å²) in [5, 5.41) is 1.11. The van der Waals surface area contributed by atoms with Gasteiger partial charge in [0.15, 0.2) is 17.5 Å². The Balaban J connectivity index is 1.45. The van der Waals surface area contributed by atoms with Crippen molar-refractivity contribution in [3.05, 3.63) is 146 Å². The second kappa shape index (κ2) is 10.4. The van der Waals surface area contributed by atoms with E-state index in [1.54, 1.807) is 0 Å². The molecule has 0 unspecified atom stereocenters. The van der Waals surface area contributed by atoms with Crippen LogP contribution in [0.4, 0.5) is 0 Å². The van der Waals surface area contributed by atoms with E-state index >= 15 is 0 Å². The van der Waals surface area contributed by atoms with Gasteiger partial charge in [-0.1, -0.05) is 115 Å². The van der Waals surface area contributed by atoms with Crippen molar-refractivity contribution in [3.63, 3.8) is 0 Å². The van der Waals surface area contributed by atoms with Crippen molar-refractivity contribution in [2.75, 3.05) is 0 Å². The van der Waals surface area contributed by atoms with Crippen LogP contribution in [0.15, 0.2) is 146 Å². The third-order valence-electron chi connectivity index (χ3n) is 6.89. The van der Waals surface area contributed by atoms with Gasteiger partial charge in [-0.3, -0.25) is 0 Å². The van der Waals surface area contributed by atoms with Gasteiger partial charge in [-0.15, -0.1) is 0 Å². The van der Waals surface area contributed by atoms with Gasteiger partial charge in [0, 0.05) is 27.6 Å². The normalized spacial score (nSPS) is 11.0. The zero-order valence-electron chi connectivity index (χ0n) is 21.6. The molecule has 0 fully saturated rings. The lowest BCUT2D eigenvalue weighted by atomic mass is 9.97. The molecule has 0 radical (unpaired) electrons. The average Bonchev–Trinajstić information content (AvgIpc) is 3.05. The minimum absolute atomic E-state index is 0.618. The Bertz CT molecular complexity index is 1880. The fourth-order valence-corrected chi connectivity index (χ4v) is 4.87. The molecular formula is C36H24N4. The highest BCUT2D eigenvalue weighted by Gasteiger charge is 2.15. The standard InChI is InChI=1S/C36H24N4/c1-4-12-25(13-5-1)29-22-30(33-21-20-26-14-10-11-19-32(26)37-33)24-31(23-29)36-39-34(27-15-6-2-7-16-27)38-35(40-36)28-17-8-3-9-18-28/h1-24H. The van der Waals surface area contributed by atoms with Crippen LogP contribution in [0.2, 0.25) is 0 Å². The molecule has 0 atom stereocenters. The predicted molar refractivity (Wildman–Crippen MR) is 162 cm³/mol. The molecule has 0 saturated carbocycles. The van der Waals surface area contributed by atoms with E-state index in [4.69, 9.17) is 19.9 Å². The first-order valence-electron chi connectivity index (χ1n) is 13.2. The van der Waals surface area contributed by atoms with Crippen LogP contribution in [-0.4, -0.2) is 19.9 Å². The fourth-order valence-electron chi connectivity index (χ4n) is 4.87. The lowest BCUT2D eigenvalue weighted by molar-refractivity contribution is 1.07. The van der Waals surface area contributed by atoms with Crippen molar-refractivity contribution < 1.29 is 0 Å². The lowest BCUT2D eigenvalue weighted by Crippen LogP contribution is -2.00. The molecule has 0 aliphatic carbocycles. The Hall–Kier alpha value is -5.48. The first-order chi connectivity index (χ1) is 19.8. The summed E-state index contributed by atoms with van der Waals surface area (Å²) in [7, 11) is 0. The van der Waals surface area contributed by atoms with Gasteiger partial charge in [0.1, 0.15) is 0 Å². The number of rotatable bonds is 5. The quantitative estimate of drug-likeness (QED) is 0.231. The third-order valence-corrected chi connectivity index (χ3v) is 6.89. The van der Waals surface area contributed by atoms with Crippen LogP contribution in [-0.2, 0) is 0 Å². The minimum Gasteiger partial charge on any atom is -0.248 e. The molecule has 0 saturated heterocycles. The zero-order valence-corrected chi connectivity index (χ0v) is 21.6. The molecule has 2 aromatic heterocycles. The van der Waals surface area contributed by atoms with E-state index in [-0.39, 0.29) is 0 Å². The Morgan fingerprint density at radius 1 is 0.300 bits per heavy atom. The highest BCUT2D eigenvalue weighted by Crippen LogP contribution is 2.33. The summed E-state index contributed by atoms with van der Waals surface area (Å²) < 4.78 is 0. The number of hydrogen-bond donors (Lipinski definition) is 0. The van der Waals surface area contributed by atoms with Crippen molar-refractivity contribution in [1.29, 1.82) is 0 Å². The van der Waals surface area contributed by atoms with E-state index in [1.807, 2.05) is 84.9 Å². The summed E-state index contributed by atoms with van der Waals surface area (Å²) in [6, 6.07) is 49.3. The monoisotopic (exact) mass is 512 g/mol. The molecule has 7 rings (SSSR count). The molecule has 4 heteroatoms. The lowest BCUT2D eigenvalue weighted by Gasteiger charge is -2.12. The highest BCUT2D eigenvalue weighted by molar-refractivity contribution is 5.84. The number of hydrogen-bond acceptors (Lipinski definition) is 4. The first kappa shape index (κ1) is 23.6. The molecule has 0 N–H and O–H groups in total. The summed E-state index contributed by atoms with van der Waals surface area (Å²) in [5.74, 6) is 1.90. The molecule has 40 heavy (non-hydrogen) atoms. The summed E-state index contributed by atoms with van der Waals surface area (Å²) in [6.07, 6.45) is 0. The van der Waals surface area contributed by atoms with Gasteiger partial charge in [-0.25, -0.2) is 19.9 Å². The highest BCUT2D eigenvalue weighted by atomic mass is 15.0. The summed E-state index contributed by atoms with van der Waals surface area (Å²) in [6.45, 7) is 0. The van der Waals surface area contributed by atoms with E-state index in [0.29, 0.717) is 17.5 Å². The summed E-state index contributed by atoms with van der Waals surface area (Å²) in [5.41, 5.74) is 7.85. The molecule has 2 heterocycles. The molecule has 0 bridgehead atoms. The van der Waals surface area contributed by atoms with Crippen LogP contribution >= 0.6 is 0 Å². The molecule has 4 nitrogen and oxygen atoms in total. The molecule has 0 amide bonds. The maximum atomic E-state index is 4.99. The van der Waals surface area contributed by atoms with Gasteiger partial charge in [0.25, 0.3) is 0 Å². The average molecular weight is 513 g/mol. The minimum atomic E-state index is 0.618. The van der Waals surface area contributed by atoms with Crippen LogP contribution in [0.25, 0.3) is 67.5 Å². The van der Waals surface area contributed by atoms with E-state index in [2.05, 4.69) is 60.7 Å². The Morgan fingerprint density at radius 2 is 0.775 bits per heavy atom. The molecule has 0 spiro atoms. The number of benzene rings is 5. The van der Waals surface area contributed by atoms with Crippen LogP contribution in [0.1, 0.15) is 0 Å². The molecule has 0 aliphatic rings. The first-order valence-corrected chi connectivity index (χ1v) is 13.2. The van der Waals surface area contributed by atoms with E-state index < -0.39 is 0 Å². The van der Waals surface area contributed by atoms with Crippen molar-refractivity contribution in [1.82, 2.24) is 19.9 Å². The largest absolute Gasteiger partial charge is 0.248 e. The number of nitrogens with zero attached hydrogens (tertiary/aromatic N) is 4. The molecule has 5 aromatic carbocycles. The van der Waals surface area contributed by atoms with Crippen molar-refractivity contribution >= 4 is 10.9 Å². The van der Waals surface area contributed by atoms with Crippen molar-refractivity contribution in [3.8, 4) is 56.5 Å². The molecule has 0 aliphatic heterocycles. The van der Waals surface area contributed by atoms with Crippen LogP contribution < -0.4 is 0 Å². The SMILES string of the molecule is c1ccc(-c2cc(-c3ccc4ccccc4n3)cc(-c3nc(-c4ccccc4)nc(-c4ccccc4)n3)c2)cc1. The van der Waals surface area contributed by atoms with Gasteiger partial charge in [0.05, 0.1) is 11.2 Å². The smallest absolute Gasteiger partial charge is 0.164 e.